The number of benzene rings is 1. The lowest BCUT2D eigenvalue weighted by molar-refractivity contribution is -0.121. The second-order valence-electron chi connectivity index (χ2n) is 6.54. The predicted molar refractivity (Wildman–Crippen MR) is 107 cm³/mol. The second kappa shape index (κ2) is 9.83. The Morgan fingerprint density at radius 3 is 2.46 bits per heavy atom. The molecule has 0 atom stereocenters. The molecule has 6 nitrogen and oxygen atoms in total. The van der Waals surface area contributed by atoms with Gasteiger partial charge in [0.05, 0.1) is 11.1 Å². The van der Waals surface area contributed by atoms with Gasteiger partial charge in [-0.05, 0) is 43.4 Å². The van der Waals surface area contributed by atoms with Gasteiger partial charge in [-0.25, -0.2) is 4.68 Å². The molecule has 0 spiro atoms. The topological polar surface area (TPSA) is 73.2 Å². The lowest BCUT2D eigenvalue weighted by Crippen LogP contribution is -2.32. The fourth-order valence-electron chi connectivity index (χ4n) is 2.72. The highest BCUT2D eigenvalue weighted by Gasteiger charge is 2.14. The van der Waals surface area contributed by atoms with E-state index in [4.69, 9.17) is 4.74 Å². The highest BCUT2D eigenvalue weighted by molar-refractivity contribution is 9.10. The number of carbonyl (C=O) groups is 1. The van der Waals surface area contributed by atoms with Crippen molar-refractivity contribution in [3.8, 4) is 0 Å². The molecule has 26 heavy (non-hydrogen) atoms. The third-order valence-corrected chi connectivity index (χ3v) is 4.64. The van der Waals surface area contributed by atoms with Gasteiger partial charge in [-0.1, -0.05) is 29.8 Å². The minimum Gasteiger partial charge on any atom is -0.381 e. The van der Waals surface area contributed by atoms with Crippen LogP contribution in [-0.2, 0) is 16.1 Å². The number of fused-ring (bicyclic) bond motifs is 1. The number of hydrogen-bond acceptors (Lipinski definition) is 4. The number of rotatable bonds is 3. The third-order valence-electron chi connectivity index (χ3n) is 4.15. The Labute approximate surface area is 162 Å². The van der Waals surface area contributed by atoms with E-state index in [0.29, 0.717) is 5.39 Å². The largest absolute Gasteiger partial charge is 0.381 e. The van der Waals surface area contributed by atoms with Crippen LogP contribution in [0, 0.1) is 0 Å². The lowest BCUT2D eigenvalue weighted by Gasteiger charge is -2.13. The van der Waals surface area contributed by atoms with E-state index in [-0.39, 0.29) is 23.9 Å². The summed E-state index contributed by atoms with van der Waals surface area (Å²) in [4.78, 5) is 23.9. The van der Waals surface area contributed by atoms with Gasteiger partial charge < -0.3 is 10.1 Å². The highest BCUT2D eigenvalue weighted by Crippen LogP contribution is 2.24. The molecular weight excluding hydrogens is 398 g/mol. The first-order valence-electron chi connectivity index (χ1n) is 8.92. The molecule has 1 N–H and O–H groups in total. The number of ether oxygens (including phenoxy) is 1. The van der Waals surface area contributed by atoms with Gasteiger partial charge in [0.15, 0.2) is 0 Å². The van der Waals surface area contributed by atoms with Crippen molar-refractivity contribution in [2.75, 3.05) is 20.3 Å². The number of amides is 1. The van der Waals surface area contributed by atoms with Crippen LogP contribution in [0.25, 0.3) is 10.8 Å². The molecule has 142 valence electrons. The Kier molecular flexibility index (Phi) is 7.78. The van der Waals surface area contributed by atoms with Crippen LogP contribution < -0.4 is 10.9 Å². The van der Waals surface area contributed by atoms with Crippen molar-refractivity contribution in [2.45, 2.75) is 45.6 Å². The number of nitrogens with one attached hydrogen (secondary N) is 1. The summed E-state index contributed by atoms with van der Waals surface area (Å²) in [6.07, 6.45) is 3.93. The Balaban J connectivity index is 0.000000342. The molecule has 0 aliphatic carbocycles. The average molecular weight is 424 g/mol. The third kappa shape index (κ3) is 5.38. The quantitative estimate of drug-likeness (QED) is 0.822. The zero-order chi connectivity index (χ0) is 19.1. The van der Waals surface area contributed by atoms with Crippen molar-refractivity contribution >= 4 is 32.6 Å². The van der Waals surface area contributed by atoms with Crippen LogP contribution in [0.3, 0.4) is 0 Å². The van der Waals surface area contributed by atoms with E-state index >= 15 is 0 Å². The van der Waals surface area contributed by atoms with E-state index in [1.165, 1.54) is 31.0 Å². The van der Waals surface area contributed by atoms with Crippen molar-refractivity contribution in [3.63, 3.8) is 0 Å². The van der Waals surface area contributed by atoms with Gasteiger partial charge in [0.2, 0.25) is 5.91 Å². The van der Waals surface area contributed by atoms with E-state index in [1.54, 1.807) is 6.07 Å². The van der Waals surface area contributed by atoms with Crippen LogP contribution in [0.1, 0.15) is 44.7 Å². The first-order chi connectivity index (χ1) is 12.4. The van der Waals surface area contributed by atoms with Crippen molar-refractivity contribution in [3.05, 3.63) is 38.7 Å². The summed E-state index contributed by atoms with van der Waals surface area (Å²) in [7, 11) is 1.54. The molecule has 1 aromatic heterocycles. The molecule has 0 saturated carbocycles. The first-order valence-corrected chi connectivity index (χ1v) is 9.72. The van der Waals surface area contributed by atoms with Crippen LogP contribution in [-0.4, -0.2) is 35.9 Å². The first kappa shape index (κ1) is 20.6. The zero-order valence-electron chi connectivity index (χ0n) is 15.5. The average Bonchev–Trinajstić information content (AvgIpc) is 2.65. The molecule has 7 heteroatoms. The molecule has 1 aromatic carbocycles. The Hall–Kier alpha value is -1.73. The second-order valence-corrected chi connectivity index (χ2v) is 7.45. The van der Waals surface area contributed by atoms with Crippen molar-refractivity contribution in [2.24, 2.45) is 0 Å². The zero-order valence-corrected chi connectivity index (χ0v) is 17.1. The Bertz CT molecular complexity index is 802. The standard InChI is InChI=1S/C14H16BrN3O2.C5H10O/c1-8(2)13-11-6-9(15)4-5-10(11)14(20)18(17-13)7-12(19)16-3;1-2-4-6-5-3-1/h4-6,8H,7H2,1-3H3,(H,16,19);1-5H2. The molecular formula is C19H26BrN3O3. The molecule has 0 radical (unpaired) electrons. The summed E-state index contributed by atoms with van der Waals surface area (Å²) < 4.78 is 7.20. The maximum atomic E-state index is 12.4. The van der Waals surface area contributed by atoms with Gasteiger partial charge in [-0.2, -0.15) is 5.10 Å². The van der Waals surface area contributed by atoms with Crippen LogP contribution in [0.15, 0.2) is 27.5 Å². The van der Waals surface area contributed by atoms with Gasteiger partial charge >= 0.3 is 0 Å². The normalized spacial score (nSPS) is 14.0. The van der Waals surface area contributed by atoms with Crippen molar-refractivity contribution in [1.29, 1.82) is 0 Å². The van der Waals surface area contributed by atoms with Gasteiger partial charge in [-0.3, -0.25) is 9.59 Å². The predicted octanol–water partition coefficient (Wildman–Crippen LogP) is 3.22. The number of halogens is 1. The summed E-state index contributed by atoms with van der Waals surface area (Å²) in [5, 5.41) is 8.26. The fourth-order valence-corrected chi connectivity index (χ4v) is 3.08. The SMILES string of the molecule is C1CCOCC1.CNC(=O)Cn1nc(C(C)C)c2cc(Br)ccc2c1=O. The van der Waals surface area contributed by atoms with Gasteiger partial charge in [0, 0.05) is 30.1 Å². The summed E-state index contributed by atoms with van der Waals surface area (Å²) in [5.41, 5.74) is 0.560. The van der Waals surface area contributed by atoms with Crippen LogP contribution in [0.5, 0.6) is 0 Å². The van der Waals surface area contributed by atoms with Crippen LogP contribution in [0.4, 0.5) is 0 Å². The minimum absolute atomic E-state index is 0.0684. The van der Waals surface area contributed by atoms with Crippen molar-refractivity contribution in [1.82, 2.24) is 15.1 Å². The molecule has 2 heterocycles. The molecule has 1 saturated heterocycles. The molecule has 1 amide bonds. The van der Waals surface area contributed by atoms with Gasteiger partial charge in [0.25, 0.3) is 5.56 Å². The van der Waals surface area contributed by atoms with Crippen molar-refractivity contribution < 1.29 is 9.53 Å². The number of hydrogen-bond donors (Lipinski definition) is 1. The summed E-state index contributed by atoms with van der Waals surface area (Å²) in [5.74, 6) is -0.0888. The van der Waals surface area contributed by atoms with Crippen LogP contribution in [0.2, 0.25) is 0 Å². The molecule has 3 rings (SSSR count). The summed E-state index contributed by atoms with van der Waals surface area (Å²) >= 11 is 3.41. The maximum Gasteiger partial charge on any atom is 0.275 e. The van der Waals surface area contributed by atoms with E-state index in [0.717, 1.165) is 28.8 Å². The van der Waals surface area contributed by atoms with Gasteiger partial charge in [0.1, 0.15) is 6.54 Å². The molecule has 0 bridgehead atoms. The summed E-state index contributed by atoms with van der Waals surface area (Å²) in [6.45, 7) is 5.95. The molecule has 0 unspecified atom stereocenters. The van der Waals surface area contributed by atoms with E-state index in [2.05, 4.69) is 26.3 Å². The highest BCUT2D eigenvalue weighted by atomic mass is 79.9. The summed E-state index contributed by atoms with van der Waals surface area (Å²) in [6, 6.07) is 5.47. The van der Waals surface area contributed by atoms with Crippen LogP contribution >= 0.6 is 15.9 Å². The smallest absolute Gasteiger partial charge is 0.275 e. The molecule has 2 aromatic rings. The molecule has 1 fully saturated rings. The molecule has 1 aliphatic rings. The van der Waals surface area contributed by atoms with E-state index in [1.807, 2.05) is 26.0 Å². The Morgan fingerprint density at radius 2 is 1.96 bits per heavy atom. The number of carbonyl (C=O) groups excluding carboxylic acids is 1. The molecule has 1 aliphatic heterocycles. The fraction of sp³-hybridized carbons (Fsp3) is 0.526. The van der Waals surface area contributed by atoms with Gasteiger partial charge in [-0.15, -0.1) is 0 Å². The number of likely N-dealkylation sites (N-methyl/N-ethyl adjacent to an activating group) is 1. The monoisotopic (exact) mass is 423 g/mol. The number of aromatic nitrogens is 2. The lowest BCUT2D eigenvalue weighted by atomic mass is 10.0. The Morgan fingerprint density at radius 1 is 1.27 bits per heavy atom. The number of nitrogens with zero attached hydrogens (tertiary/aromatic N) is 2. The minimum atomic E-state index is -0.250. The van der Waals surface area contributed by atoms with E-state index in [9.17, 15) is 9.59 Å². The maximum absolute atomic E-state index is 12.4. The van der Waals surface area contributed by atoms with E-state index < -0.39 is 0 Å².